The van der Waals surface area contributed by atoms with Crippen LogP contribution in [0.25, 0.3) is 0 Å². The van der Waals surface area contributed by atoms with Crippen molar-refractivity contribution in [3.63, 3.8) is 0 Å². The van der Waals surface area contributed by atoms with Crippen LogP contribution in [0.1, 0.15) is 26.3 Å². The van der Waals surface area contributed by atoms with Crippen molar-refractivity contribution >= 4 is 0 Å². The molecule has 3 nitrogen and oxygen atoms in total. The molecule has 2 rings (SSSR count). The molecule has 1 aliphatic heterocycles. The van der Waals surface area contributed by atoms with Gasteiger partial charge in [0.1, 0.15) is 0 Å². The normalized spacial score (nSPS) is 25.6. The molecule has 1 fully saturated rings. The molecule has 0 radical (unpaired) electrons. The summed E-state index contributed by atoms with van der Waals surface area (Å²) in [5.74, 6) is 0. The lowest BCUT2D eigenvalue weighted by atomic mass is 9.99. The molecule has 0 aromatic carbocycles. The van der Waals surface area contributed by atoms with Gasteiger partial charge < -0.3 is 5.32 Å². The van der Waals surface area contributed by atoms with E-state index in [1.165, 1.54) is 5.56 Å². The lowest BCUT2D eigenvalue weighted by Gasteiger charge is -2.42. The van der Waals surface area contributed by atoms with Crippen molar-refractivity contribution in [3.05, 3.63) is 30.1 Å². The van der Waals surface area contributed by atoms with Crippen LogP contribution < -0.4 is 5.32 Å². The van der Waals surface area contributed by atoms with Gasteiger partial charge in [0.2, 0.25) is 0 Å². The van der Waals surface area contributed by atoms with Crippen molar-refractivity contribution < 1.29 is 0 Å². The summed E-state index contributed by atoms with van der Waals surface area (Å²) in [5, 5.41) is 3.61. The van der Waals surface area contributed by atoms with E-state index in [2.05, 4.69) is 42.0 Å². The van der Waals surface area contributed by atoms with Crippen LogP contribution in [0.3, 0.4) is 0 Å². The summed E-state index contributed by atoms with van der Waals surface area (Å²) < 4.78 is 0. The number of piperazine rings is 1. The Hall–Kier alpha value is -0.930. The molecule has 1 saturated heterocycles. The van der Waals surface area contributed by atoms with Crippen LogP contribution >= 0.6 is 0 Å². The maximum absolute atomic E-state index is 4.16. The monoisotopic (exact) mass is 219 g/mol. The van der Waals surface area contributed by atoms with Gasteiger partial charge in [-0.2, -0.15) is 0 Å². The molecular weight excluding hydrogens is 198 g/mol. The molecule has 0 bridgehead atoms. The van der Waals surface area contributed by atoms with E-state index in [1.807, 2.05) is 18.5 Å². The molecule has 88 valence electrons. The number of nitrogens with one attached hydrogen (secondary N) is 1. The zero-order valence-corrected chi connectivity index (χ0v) is 10.4. The van der Waals surface area contributed by atoms with E-state index < -0.39 is 0 Å². The molecule has 1 unspecified atom stereocenters. The second kappa shape index (κ2) is 4.52. The summed E-state index contributed by atoms with van der Waals surface area (Å²) in [7, 11) is 0. The minimum absolute atomic E-state index is 0.208. The van der Waals surface area contributed by atoms with Crippen LogP contribution in [-0.2, 0) is 6.54 Å². The average Bonchev–Trinajstić information content (AvgIpc) is 2.15. The molecule has 2 heterocycles. The van der Waals surface area contributed by atoms with E-state index >= 15 is 0 Å². The molecule has 1 aromatic rings. The average molecular weight is 219 g/mol. The number of hydrogen-bond donors (Lipinski definition) is 1. The predicted octanol–water partition coefficient (Wildman–Crippen LogP) is 1.65. The highest BCUT2D eigenvalue weighted by Crippen LogP contribution is 2.15. The summed E-state index contributed by atoms with van der Waals surface area (Å²) in [6.45, 7) is 9.98. The fourth-order valence-corrected chi connectivity index (χ4v) is 2.64. The first-order valence-electron chi connectivity index (χ1n) is 5.94. The Bertz CT molecular complexity index is 334. The van der Waals surface area contributed by atoms with E-state index in [0.717, 1.165) is 19.6 Å². The first-order valence-corrected chi connectivity index (χ1v) is 5.94. The third-order valence-electron chi connectivity index (χ3n) is 2.92. The quantitative estimate of drug-likeness (QED) is 0.820. The van der Waals surface area contributed by atoms with E-state index in [4.69, 9.17) is 0 Å². The SMILES string of the molecule is CC1CN(Cc2cccnc2)CC(C)(C)N1. The predicted molar refractivity (Wildman–Crippen MR) is 66.2 cm³/mol. The van der Waals surface area contributed by atoms with Gasteiger partial charge in [-0.1, -0.05) is 6.07 Å². The molecule has 1 N–H and O–H groups in total. The molecule has 1 aromatic heterocycles. The second-order valence-electron chi connectivity index (χ2n) is 5.46. The number of pyridine rings is 1. The summed E-state index contributed by atoms with van der Waals surface area (Å²) in [6, 6.07) is 4.71. The molecule has 0 spiro atoms. The van der Waals surface area contributed by atoms with Crippen LogP contribution in [0.4, 0.5) is 0 Å². The lowest BCUT2D eigenvalue weighted by molar-refractivity contribution is 0.117. The number of hydrogen-bond acceptors (Lipinski definition) is 3. The van der Waals surface area contributed by atoms with Gasteiger partial charge in [0.15, 0.2) is 0 Å². The van der Waals surface area contributed by atoms with Crippen molar-refractivity contribution in [2.75, 3.05) is 13.1 Å². The summed E-state index contributed by atoms with van der Waals surface area (Å²) in [4.78, 5) is 6.66. The smallest absolute Gasteiger partial charge is 0.0312 e. The third-order valence-corrected chi connectivity index (χ3v) is 2.92. The standard InChI is InChI=1S/C13H21N3/c1-11-8-16(10-13(2,3)15-11)9-12-5-4-6-14-7-12/h4-7,11,15H,8-10H2,1-3H3. The fraction of sp³-hybridized carbons (Fsp3) is 0.615. The van der Waals surface area contributed by atoms with Gasteiger partial charge in [-0.15, -0.1) is 0 Å². The zero-order chi connectivity index (χ0) is 11.6. The van der Waals surface area contributed by atoms with Crippen LogP contribution in [0.15, 0.2) is 24.5 Å². The van der Waals surface area contributed by atoms with Gasteiger partial charge in [-0.05, 0) is 32.4 Å². The minimum Gasteiger partial charge on any atom is -0.307 e. The van der Waals surface area contributed by atoms with Crippen LogP contribution in [-0.4, -0.2) is 34.6 Å². The fourth-order valence-electron chi connectivity index (χ4n) is 2.64. The van der Waals surface area contributed by atoms with Crippen LogP contribution in [0.5, 0.6) is 0 Å². The van der Waals surface area contributed by atoms with Crippen molar-refractivity contribution in [1.29, 1.82) is 0 Å². The second-order valence-corrected chi connectivity index (χ2v) is 5.46. The van der Waals surface area contributed by atoms with Gasteiger partial charge in [0.25, 0.3) is 0 Å². The molecule has 3 heteroatoms. The van der Waals surface area contributed by atoms with Gasteiger partial charge in [-0.25, -0.2) is 0 Å². The maximum Gasteiger partial charge on any atom is 0.0312 e. The highest BCUT2D eigenvalue weighted by atomic mass is 15.2. The first kappa shape index (κ1) is 11.6. The minimum atomic E-state index is 0.208. The molecule has 0 aliphatic carbocycles. The first-order chi connectivity index (χ1) is 7.55. The zero-order valence-electron chi connectivity index (χ0n) is 10.4. The van der Waals surface area contributed by atoms with Crippen LogP contribution in [0, 0.1) is 0 Å². The van der Waals surface area contributed by atoms with E-state index in [-0.39, 0.29) is 5.54 Å². The number of aromatic nitrogens is 1. The molecule has 0 saturated carbocycles. The van der Waals surface area contributed by atoms with Crippen LogP contribution in [0.2, 0.25) is 0 Å². The summed E-state index contributed by atoms with van der Waals surface area (Å²) >= 11 is 0. The van der Waals surface area contributed by atoms with Crippen molar-refractivity contribution in [2.45, 2.75) is 38.9 Å². The van der Waals surface area contributed by atoms with E-state index in [9.17, 15) is 0 Å². The lowest BCUT2D eigenvalue weighted by Crippen LogP contribution is -2.60. The van der Waals surface area contributed by atoms with Gasteiger partial charge in [0, 0.05) is 43.6 Å². The number of rotatable bonds is 2. The molecular formula is C13H21N3. The third kappa shape index (κ3) is 3.03. The largest absolute Gasteiger partial charge is 0.307 e. The summed E-state index contributed by atoms with van der Waals surface area (Å²) in [5.41, 5.74) is 1.51. The van der Waals surface area contributed by atoms with E-state index in [1.54, 1.807) is 0 Å². The molecule has 16 heavy (non-hydrogen) atoms. The molecule has 1 atom stereocenters. The van der Waals surface area contributed by atoms with Gasteiger partial charge in [-0.3, -0.25) is 9.88 Å². The number of nitrogens with zero attached hydrogens (tertiary/aromatic N) is 2. The van der Waals surface area contributed by atoms with Crippen molar-refractivity contribution in [1.82, 2.24) is 15.2 Å². The topological polar surface area (TPSA) is 28.2 Å². The molecule has 1 aliphatic rings. The van der Waals surface area contributed by atoms with Crippen molar-refractivity contribution in [2.24, 2.45) is 0 Å². The summed E-state index contributed by atoms with van der Waals surface area (Å²) in [6.07, 6.45) is 3.79. The Balaban J connectivity index is 2.00. The highest BCUT2D eigenvalue weighted by molar-refractivity contribution is 5.09. The Morgan fingerprint density at radius 1 is 1.56 bits per heavy atom. The highest BCUT2D eigenvalue weighted by Gasteiger charge is 2.29. The maximum atomic E-state index is 4.16. The Morgan fingerprint density at radius 3 is 3.00 bits per heavy atom. The Kier molecular flexibility index (Phi) is 3.26. The van der Waals surface area contributed by atoms with Gasteiger partial charge >= 0.3 is 0 Å². The Labute approximate surface area is 97.9 Å². The van der Waals surface area contributed by atoms with Crippen molar-refractivity contribution in [3.8, 4) is 0 Å². The van der Waals surface area contributed by atoms with E-state index in [0.29, 0.717) is 6.04 Å². The van der Waals surface area contributed by atoms with Gasteiger partial charge in [0.05, 0.1) is 0 Å². The Morgan fingerprint density at radius 2 is 2.38 bits per heavy atom. The molecule has 0 amide bonds.